The maximum absolute atomic E-state index is 10.6. The number of hydrogen-bond donors (Lipinski definition) is 1. The van der Waals surface area contributed by atoms with Gasteiger partial charge in [0.2, 0.25) is 0 Å². The molecule has 0 aromatic rings. The number of rotatable bonds is 0. The minimum atomic E-state index is -0.292. The van der Waals surface area contributed by atoms with Gasteiger partial charge in [-0.2, -0.15) is 0 Å². The summed E-state index contributed by atoms with van der Waals surface area (Å²) in [6.07, 6.45) is 7.98. The summed E-state index contributed by atoms with van der Waals surface area (Å²) in [6.45, 7) is 8.70. The second kappa shape index (κ2) is 4.10. The molecule has 2 rings (SSSR count). The minimum Gasteiger partial charge on any atom is -0.392 e. The minimum absolute atomic E-state index is 0.0531. The molecule has 2 aliphatic rings. The van der Waals surface area contributed by atoms with Gasteiger partial charge in [-0.25, -0.2) is 0 Å². The van der Waals surface area contributed by atoms with Crippen LogP contribution < -0.4 is 0 Å². The van der Waals surface area contributed by atoms with Crippen molar-refractivity contribution in [3.8, 4) is 0 Å². The number of halogens is 1. The normalized spacial score (nSPS) is 36.4. The maximum Gasteiger partial charge on any atom is 0.0682 e. The maximum atomic E-state index is 10.6. The van der Waals surface area contributed by atoms with Crippen molar-refractivity contribution in [2.75, 3.05) is 0 Å². The third kappa shape index (κ3) is 1.68. The Morgan fingerprint density at radius 1 is 1.29 bits per heavy atom. The first-order chi connectivity index (χ1) is 7.82. The number of allylic oxidation sites excluding steroid dienone is 4. The number of aliphatic hydroxyl groups excluding tert-OH is 1. The molecule has 2 aliphatic carbocycles. The van der Waals surface area contributed by atoms with E-state index in [1.807, 2.05) is 0 Å². The van der Waals surface area contributed by atoms with Crippen LogP contribution in [0.5, 0.6) is 0 Å². The lowest BCUT2D eigenvalue weighted by Crippen LogP contribution is -2.50. The smallest absolute Gasteiger partial charge is 0.0682 e. The first-order valence-corrected chi connectivity index (χ1v) is 7.00. The van der Waals surface area contributed by atoms with Gasteiger partial charge in [-0.3, -0.25) is 0 Å². The molecular weight excluding hydrogens is 276 g/mol. The summed E-state index contributed by atoms with van der Waals surface area (Å²) in [4.78, 5) is 0. The molecule has 0 amide bonds. The first kappa shape index (κ1) is 13.1. The Balaban J connectivity index is 2.56. The van der Waals surface area contributed by atoms with Gasteiger partial charge >= 0.3 is 0 Å². The molecule has 0 bridgehead atoms. The molecule has 0 heterocycles. The zero-order valence-corrected chi connectivity index (χ0v) is 12.6. The van der Waals surface area contributed by atoms with E-state index < -0.39 is 0 Å². The van der Waals surface area contributed by atoms with E-state index in [0.717, 1.165) is 12.8 Å². The van der Waals surface area contributed by atoms with Gasteiger partial charge in [-0.05, 0) is 26.7 Å². The highest BCUT2D eigenvalue weighted by Gasteiger charge is 2.53. The average Bonchev–Trinajstić information content (AvgIpc) is 2.23. The molecule has 2 heteroatoms. The molecule has 17 heavy (non-hydrogen) atoms. The van der Waals surface area contributed by atoms with Crippen LogP contribution in [0.15, 0.2) is 33.9 Å². The molecule has 0 fully saturated rings. The molecule has 0 saturated heterocycles. The summed E-state index contributed by atoms with van der Waals surface area (Å²) in [7, 11) is 0. The first-order valence-electron chi connectivity index (χ1n) is 6.21. The molecule has 1 spiro atoms. The molecule has 2 atom stereocenters. The van der Waals surface area contributed by atoms with E-state index in [9.17, 15) is 5.11 Å². The Morgan fingerprint density at radius 3 is 2.53 bits per heavy atom. The van der Waals surface area contributed by atoms with Gasteiger partial charge in [0.1, 0.15) is 0 Å². The van der Waals surface area contributed by atoms with E-state index in [0.29, 0.717) is 0 Å². The molecular formula is C15H21BrO. The molecule has 94 valence electrons. The van der Waals surface area contributed by atoms with E-state index in [-0.39, 0.29) is 16.9 Å². The lowest BCUT2D eigenvalue weighted by Gasteiger charge is -2.54. The van der Waals surface area contributed by atoms with Gasteiger partial charge in [-0.1, -0.05) is 59.2 Å². The van der Waals surface area contributed by atoms with E-state index in [4.69, 9.17) is 0 Å². The highest BCUT2D eigenvalue weighted by molar-refractivity contribution is 9.11. The van der Waals surface area contributed by atoms with Crippen molar-refractivity contribution < 1.29 is 5.11 Å². The number of hydrogen-bond acceptors (Lipinski definition) is 1. The fourth-order valence-electron chi connectivity index (χ4n) is 3.39. The van der Waals surface area contributed by atoms with Crippen LogP contribution in [0.3, 0.4) is 0 Å². The third-order valence-electron chi connectivity index (χ3n) is 4.75. The fraction of sp³-hybridized carbons (Fsp3) is 0.600. The molecule has 0 aliphatic heterocycles. The van der Waals surface area contributed by atoms with Crippen molar-refractivity contribution in [3.05, 3.63) is 33.9 Å². The molecule has 0 saturated carbocycles. The molecule has 0 aromatic heterocycles. The lowest BCUT2D eigenvalue weighted by atomic mass is 9.53. The highest BCUT2D eigenvalue weighted by Crippen LogP contribution is 2.59. The van der Waals surface area contributed by atoms with Crippen LogP contribution in [0.1, 0.15) is 40.5 Å². The van der Waals surface area contributed by atoms with Gasteiger partial charge in [-0.15, -0.1) is 0 Å². The summed E-state index contributed by atoms with van der Waals surface area (Å²) in [5.74, 6) is 0. The van der Waals surface area contributed by atoms with Crippen LogP contribution in [0.25, 0.3) is 0 Å². The second-order valence-electron chi connectivity index (χ2n) is 5.94. The van der Waals surface area contributed by atoms with Crippen molar-refractivity contribution >= 4 is 15.9 Å². The van der Waals surface area contributed by atoms with E-state index >= 15 is 0 Å². The van der Waals surface area contributed by atoms with Crippen LogP contribution in [0.4, 0.5) is 0 Å². The van der Waals surface area contributed by atoms with Gasteiger partial charge in [0.25, 0.3) is 0 Å². The summed E-state index contributed by atoms with van der Waals surface area (Å²) < 4.78 is 1.18. The van der Waals surface area contributed by atoms with E-state index in [1.165, 1.54) is 15.6 Å². The van der Waals surface area contributed by atoms with Crippen molar-refractivity contribution in [1.29, 1.82) is 0 Å². The predicted molar refractivity (Wildman–Crippen MR) is 76.0 cm³/mol. The highest BCUT2D eigenvalue weighted by atomic mass is 79.9. The standard InChI is InChI=1S/C15H21BrO/c1-10-7-8-15(13(17)9-10)11(2)5-6-12(16)14(15,3)4/h5-7,13,17H,8-9H2,1-4H3. The molecule has 0 radical (unpaired) electrons. The Bertz CT molecular complexity index is 428. The van der Waals surface area contributed by atoms with E-state index in [2.05, 4.69) is 61.9 Å². The van der Waals surface area contributed by atoms with Crippen molar-refractivity contribution in [1.82, 2.24) is 0 Å². The van der Waals surface area contributed by atoms with Crippen molar-refractivity contribution in [3.63, 3.8) is 0 Å². The molecule has 1 nitrogen and oxygen atoms in total. The number of aliphatic hydroxyl groups is 1. The molecule has 1 N–H and O–H groups in total. The third-order valence-corrected chi connectivity index (χ3v) is 6.01. The summed E-state index contributed by atoms with van der Waals surface area (Å²) in [5.41, 5.74) is 2.39. The largest absolute Gasteiger partial charge is 0.392 e. The second-order valence-corrected chi connectivity index (χ2v) is 6.79. The lowest BCUT2D eigenvalue weighted by molar-refractivity contribution is -0.0195. The quantitative estimate of drug-likeness (QED) is 0.659. The van der Waals surface area contributed by atoms with Gasteiger partial charge < -0.3 is 5.11 Å². The zero-order valence-electron chi connectivity index (χ0n) is 11.0. The summed E-state index contributed by atoms with van der Waals surface area (Å²) >= 11 is 3.68. The predicted octanol–water partition coefficient (Wildman–Crippen LogP) is 4.34. The molecule has 2 unspecified atom stereocenters. The van der Waals surface area contributed by atoms with Crippen LogP contribution >= 0.6 is 15.9 Å². The van der Waals surface area contributed by atoms with Crippen LogP contribution in [0, 0.1) is 10.8 Å². The zero-order chi connectivity index (χ0) is 12.8. The van der Waals surface area contributed by atoms with Crippen LogP contribution in [-0.4, -0.2) is 11.2 Å². The van der Waals surface area contributed by atoms with E-state index in [1.54, 1.807) is 0 Å². The SMILES string of the molecule is CC1=CCC2(C(C)=CC=C(Br)C2(C)C)C(O)C1. The van der Waals surface area contributed by atoms with Crippen molar-refractivity contribution in [2.45, 2.75) is 46.6 Å². The van der Waals surface area contributed by atoms with Gasteiger partial charge in [0, 0.05) is 15.3 Å². The monoisotopic (exact) mass is 296 g/mol. The summed E-state index contributed by atoms with van der Waals surface area (Å²) in [6, 6.07) is 0. The Kier molecular flexibility index (Phi) is 3.16. The van der Waals surface area contributed by atoms with Crippen LogP contribution in [0.2, 0.25) is 0 Å². The Hall–Kier alpha value is -0.340. The average molecular weight is 297 g/mol. The summed E-state index contributed by atoms with van der Waals surface area (Å²) in [5, 5.41) is 10.6. The fourth-order valence-corrected chi connectivity index (χ4v) is 3.88. The van der Waals surface area contributed by atoms with Gasteiger partial charge in [0.05, 0.1) is 6.10 Å². The Labute approximate surface area is 112 Å². The topological polar surface area (TPSA) is 20.2 Å². The van der Waals surface area contributed by atoms with Gasteiger partial charge in [0.15, 0.2) is 0 Å². The Morgan fingerprint density at radius 2 is 1.94 bits per heavy atom. The van der Waals surface area contributed by atoms with Crippen LogP contribution in [-0.2, 0) is 0 Å². The molecule has 0 aromatic carbocycles. The van der Waals surface area contributed by atoms with Crippen molar-refractivity contribution in [2.24, 2.45) is 10.8 Å².